The fraction of sp³-hybridized carbons (Fsp3) is 0.357. The molecule has 1 aromatic rings. The van der Waals surface area contributed by atoms with E-state index in [0.29, 0.717) is 24.3 Å². The molecule has 1 aliphatic rings. The summed E-state index contributed by atoms with van der Waals surface area (Å²) in [7, 11) is 1.91. The SMILES string of the molecule is CN1CCN([C]=O)C(C(=O)c2cccc(NC(=N)N)c2)C1. The summed E-state index contributed by atoms with van der Waals surface area (Å²) < 4.78 is 0. The zero-order valence-electron chi connectivity index (χ0n) is 11.8. The number of piperazine rings is 1. The van der Waals surface area contributed by atoms with E-state index in [2.05, 4.69) is 5.32 Å². The Balaban J connectivity index is 2.21. The number of Topliss-reactive ketones (excluding diaryl/α,β-unsaturated/α-hetero) is 1. The van der Waals surface area contributed by atoms with Gasteiger partial charge in [-0.1, -0.05) is 12.1 Å². The second-order valence-corrected chi connectivity index (χ2v) is 5.05. The standard InChI is InChI=1S/C14H18N5O2/c1-18-5-6-19(9-20)12(8-18)13(21)10-3-2-4-11(7-10)17-14(15)16/h2-4,7,12H,5-6,8H2,1H3,(H4,15,16,17). The molecule has 1 atom stereocenters. The highest BCUT2D eigenvalue weighted by Crippen LogP contribution is 2.16. The van der Waals surface area contributed by atoms with Crippen molar-refractivity contribution in [2.45, 2.75) is 6.04 Å². The van der Waals surface area contributed by atoms with Crippen LogP contribution in [0, 0.1) is 5.41 Å². The average Bonchev–Trinajstić information content (AvgIpc) is 2.46. The molecule has 4 N–H and O–H groups in total. The molecule has 1 aromatic carbocycles. The highest BCUT2D eigenvalue weighted by molar-refractivity contribution is 6.02. The molecular weight excluding hydrogens is 270 g/mol. The Labute approximate surface area is 123 Å². The minimum Gasteiger partial charge on any atom is -0.370 e. The van der Waals surface area contributed by atoms with E-state index in [1.807, 2.05) is 18.4 Å². The number of nitrogens with two attached hydrogens (primary N) is 1. The smallest absolute Gasteiger partial charge is 0.312 e. The van der Waals surface area contributed by atoms with Crippen molar-refractivity contribution in [3.63, 3.8) is 0 Å². The number of nitrogens with one attached hydrogen (secondary N) is 2. The van der Waals surface area contributed by atoms with Gasteiger partial charge in [-0.3, -0.25) is 15.0 Å². The van der Waals surface area contributed by atoms with Crippen LogP contribution in [0.25, 0.3) is 0 Å². The number of hydrogen-bond acceptors (Lipinski definition) is 4. The first-order valence-electron chi connectivity index (χ1n) is 6.59. The molecule has 1 heterocycles. The summed E-state index contributed by atoms with van der Waals surface area (Å²) in [5.74, 6) is -0.336. The highest BCUT2D eigenvalue weighted by Gasteiger charge is 2.31. The van der Waals surface area contributed by atoms with Crippen molar-refractivity contribution in [1.29, 1.82) is 5.41 Å². The predicted molar refractivity (Wildman–Crippen MR) is 80.0 cm³/mol. The lowest BCUT2D eigenvalue weighted by molar-refractivity contribution is 0.0767. The van der Waals surface area contributed by atoms with Crippen molar-refractivity contribution in [1.82, 2.24) is 9.80 Å². The predicted octanol–water partition coefficient (Wildman–Crippen LogP) is -0.142. The summed E-state index contributed by atoms with van der Waals surface area (Å²) >= 11 is 0. The highest BCUT2D eigenvalue weighted by atomic mass is 16.1. The van der Waals surface area contributed by atoms with Gasteiger partial charge in [0.1, 0.15) is 6.04 Å². The van der Waals surface area contributed by atoms with Crippen molar-refractivity contribution < 1.29 is 9.59 Å². The maximum atomic E-state index is 12.6. The van der Waals surface area contributed by atoms with Crippen molar-refractivity contribution in [3.05, 3.63) is 29.8 Å². The van der Waals surface area contributed by atoms with Gasteiger partial charge in [0.2, 0.25) is 0 Å². The third kappa shape index (κ3) is 3.57. The van der Waals surface area contributed by atoms with Crippen LogP contribution >= 0.6 is 0 Å². The molecule has 7 heteroatoms. The molecule has 1 fully saturated rings. The fourth-order valence-corrected chi connectivity index (χ4v) is 2.35. The van der Waals surface area contributed by atoms with Crippen molar-refractivity contribution >= 4 is 23.8 Å². The number of hydrogen-bond donors (Lipinski definition) is 3. The number of carbonyl (C=O) groups excluding carboxylic acids is 2. The lowest BCUT2D eigenvalue weighted by Gasteiger charge is -2.36. The van der Waals surface area contributed by atoms with Crippen LogP contribution in [0.5, 0.6) is 0 Å². The fourth-order valence-electron chi connectivity index (χ4n) is 2.35. The normalized spacial score (nSPS) is 19.1. The van der Waals surface area contributed by atoms with Crippen LogP contribution in [0.4, 0.5) is 5.69 Å². The molecule has 0 saturated carbocycles. The Bertz CT molecular complexity index is 560. The topological polar surface area (TPSA) is 103 Å². The number of guanidine groups is 1. The molecule has 1 radical (unpaired) electrons. The van der Waals surface area contributed by atoms with Crippen molar-refractivity contribution in [2.24, 2.45) is 5.73 Å². The van der Waals surface area contributed by atoms with E-state index < -0.39 is 6.04 Å². The van der Waals surface area contributed by atoms with Gasteiger partial charge in [0.15, 0.2) is 11.7 Å². The van der Waals surface area contributed by atoms with Crippen LogP contribution in [-0.2, 0) is 4.79 Å². The van der Waals surface area contributed by atoms with Gasteiger partial charge in [0.05, 0.1) is 0 Å². The minimum atomic E-state index is -0.533. The second-order valence-electron chi connectivity index (χ2n) is 5.05. The largest absolute Gasteiger partial charge is 0.370 e. The Kier molecular flexibility index (Phi) is 4.54. The van der Waals surface area contributed by atoms with E-state index in [4.69, 9.17) is 11.1 Å². The average molecular weight is 288 g/mol. The van der Waals surface area contributed by atoms with Crippen LogP contribution in [0.15, 0.2) is 24.3 Å². The molecule has 1 unspecified atom stereocenters. The van der Waals surface area contributed by atoms with Gasteiger partial charge in [-0.25, -0.2) is 0 Å². The zero-order chi connectivity index (χ0) is 15.4. The van der Waals surface area contributed by atoms with Gasteiger partial charge in [0, 0.05) is 30.9 Å². The third-order valence-corrected chi connectivity index (χ3v) is 3.43. The van der Waals surface area contributed by atoms with Gasteiger partial charge < -0.3 is 20.9 Å². The van der Waals surface area contributed by atoms with Crippen LogP contribution in [0.1, 0.15) is 10.4 Å². The van der Waals surface area contributed by atoms with E-state index in [-0.39, 0.29) is 11.7 Å². The maximum Gasteiger partial charge on any atom is 0.312 e. The Morgan fingerprint density at radius 2 is 2.24 bits per heavy atom. The number of benzene rings is 1. The number of carbonyl (C=O) groups is 1. The Morgan fingerprint density at radius 3 is 2.90 bits per heavy atom. The molecule has 0 bridgehead atoms. The van der Waals surface area contributed by atoms with Crippen LogP contribution < -0.4 is 11.1 Å². The number of likely N-dealkylation sites (N-methyl/N-ethyl adjacent to an activating group) is 1. The molecule has 21 heavy (non-hydrogen) atoms. The van der Waals surface area contributed by atoms with E-state index >= 15 is 0 Å². The first-order valence-corrected chi connectivity index (χ1v) is 6.59. The quantitative estimate of drug-likeness (QED) is 0.406. The van der Waals surface area contributed by atoms with Crippen LogP contribution in [0.3, 0.4) is 0 Å². The molecule has 111 valence electrons. The summed E-state index contributed by atoms with van der Waals surface area (Å²) in [6, 6.07) is 6.20. The second kappa shape index (κ2) is 6.36. The summed E-state index contributed by atoms with van der Waals surface area (Å²) in [4.78, 5) is 27.0. The first-order chi connectivity index (χ1) is 10.0. The zero-order valence-corrected chi connectivity index (χ0v) is 11.8. The summed E-state index contributed by atoms with van der Waals surface area (Å²) in [6.45, 7) is 1.70. The van der Waals surface area contributed by atoms with E-state index in [9.17, 15) is 9.59 Å². The molecule has 0 spiro atoms. The molecular formula is C14H18N5O2. The van der Waals surface area contributed by atoms with Crippen LogP contribution in [-0.4, -0.2) is 60.7 Å². The van der Waals surface area contributed by atoms with Gasteiger partial charge in [-0.2, -0.15) is 0 Å². The number of rotatable bonds is 4. The van der Waals surface area contributed by atoms with Gasteiger partial charge >= 0.3 is 6.41 Å². The summed E-state index contributed by atoms with van der Waals surface area (Å²) in [5.41, 5.74) is 6.32. The van der Waals surface area contributed by atoms with Crippen LogP contribution in [0.2, 0.25) is 0 Å². The summed E-state index contributed by atoms with van der Waals surface area (Å²) in [6.07, 6.45) is 1.84. The minimum absolute atomic E-state index is 0.142. The van der Waals surface area contributed by atoms with Gasteiger partial charge in [-0.05, 0) is 19.2 Å². The molecule has 0 aliphatic carbocycles. The molecule has 1 saturated heterocycles. The lowest BCUT2D eigenvalue weighted by Crippen LogP contribution is -2.54. The Morgan fingerprint density at radius 1 is 1.48 bits per heavy atom. The maximum absolute atomic E-state index is 12.6. The Hall–Kier alpha value is -2.41. The first kappa shape index (κ1) is 15.0. The van der Waals surface area contributed by atoms with E-state index in [0.717, 1.165) is 6.54 Å². The molecule has 2 rings (SSSR count). The number of anilines is 1. The third-order valence-electron chi connectivity index (χ3n) is 3.43. The molecule has 1 amide bonds. The lowest BCUT2D eigenvalue weighted by atomic mass is 10.0. The monoisotopic (exact) mass is 288 g/mol. The summed E-state index contributed by atoms with van der Waals surface area (Å²) in [5, 5.41) is 9.85. The number of nitrogens with zero attached hydrogens (tertiary/aromatic N) is 2. The number of ketones is 1. The van der Waals surface area contributed by atoms with Crippen molar-refractivity contribution in [3.8, 4) is 0 Å². The molecule has 7 nitrogen and oxygen atoms in total. The molecule has 0 aromatic heterocycles. The molecule has 1 aliphatic heterocycles. The van der Waals surface area contributed by atoms with Crippen molar-refractivity contribution in [2.75, 3.05) is 32.0 Å². The van der Waals surface area contributed by atoms with Gasteiger partial charge in [-0.15, -0.1) is 0 Å². The van der Waals surface area contributed by atoms with Gasteiger partial charge in [0.25, 0.3) is 0 Å². The van der Waals surface area contributed by atoms with E-state index in [1.54, 1.807) is 24.3 Å². The van der Waals surface area contributed by atoms with E-state index in [1.165, 1.54) is 4.90 Å². The number of amides is 1.